The lowest BCUT2D eigenvalue weighted by molar-refractivity contribution is -0.193. The maximum atomic E-state index is 11.5. The predicted octanol–water partition coefficient (Wildman–Crippen LogP) is 1.94. The predicted molar refractivity (Wildman–Crippen MR) is 35.4 cm³/mol. The molecular formula is C6H7F6NO2. The third-order valence-electron chi connectivity index (χ3n) is 1.06. The average molecular weight is 239 g/mol. The highest BCUT2D eigenvalue weighted by molar-refractivity contribution is 5.74. The zero-order valence-corrected chi connectivity index (χ0v) is 7.21. The summed E-state index contributed by atoms with van der Waals surface area (Å²) in [6.07, 6.45) is -11.5. The summed E-state index contributed by atoms with van der Waals surface area (Å²) in [7, 11) is 0. The van der Waals surface area contributed by atoms with E-state index in [4.69, 9.17) is 0 Å². The van der Waals surface area contributed by atoms with Gasteiger partial charge in [-0.25, -0.2) is 5.48 Å². The largest absolute Gasteiger partial charge is 0.414 e. The molecule has 0 fully saturated rings. The smallest absolute Gasteiger partial charge is 0.273 e. The molecule has 0 aliphatic carbocycles. The van der Waals surface area contributed by atoms with Crippen molar-refractivity contribution in [3.8, 4) is 0 Å². The van der Waals surface area contributed by atoms with Crippen LogP contribution in [0.25, 0.3) is 0 Å². The number of hydrogen-bond donors (Lipinski definition) is 1. The number of carbonyl (C=O) groups excluding carboxylic acids is 1. The van der Waals surface area contributed by atoms with Gasteiger partial charge in [0.25, 0.3) is 0 Å². The molecule has 3 nitrogen and oxygen atoms in total. The summed E-state index contributed by atoms with van der Waals surface area (Å²) in [5, 5.41) is 0. The van der Waals surface area contributed by atoms with E-state index in [1.54, 1.807) is 0 Å². The minimum absolute atomic E-state index is 0.971. The Morgan fingerprint density at radius 2 is 1.60 bits per heavy atom. The molecule has 0 unspecified atom stereocenters. The molecule has 0 heterocycles. The number of amides is 1. The third kappa shape index (κ3) is 10.9. The van der Waals surface area contributed by atoms with Gasteiger partial charge in [-0.15, -0.1) is 0 Å². The number of nitrogens with one attached hydrogen (secondary N) is 1. The topological polar surface area (TPSA) is 38.3 Å². The molecule has 0 aromatic heterocycles. The van der Waals surface area contributed by atoms with Crippen LogP contribution < -0.4 is 5.48 Å². The fraction of sp³-hybridized carbons (Fsp3) is 0.833. The lowest BCUT2D eigenvalue weighted by Gasteiger charge is -2.09. The molecule has 90 valence electrons. The van der Waals surface area contributed by atoms with Gasteiger partial charge in [0.1, 0.15) is 0 Å². The van der Waals surface area contributed by atoms with E-state index in [0.29, 0.717) is 0 Å². The minimum Gasteiger partial charge on any atom is -0.273 e. The van der Waals surface area contributed by atoms with Gasteiger partial charge in [-0.3, -0.25) is 9.63 Å². The second kappa shape index (κ2) is 5.19. The first-order chi connectivity index (χ1) is 6.60. The molecule has 0 bridgehead atoms. The Kier molecular flexibility index (Phi) is 4.85. The Morgan fingerprint density at radius 3 is 2.00 bits per heavy atom. The molecule has 0 saturated heterocycles. The Bertz CT molecular complexity index is 211. The van der Waals surface area contributed by atoms with E-state index in [1.165, 1.54) is 5.48 Å². The van der Waals surface area contributed by atoms with Crippen molar-refractivity contribution in [2.45, 2.75) is 25.2 Å². The first-order valence-electron chi connectivity index (χ1n) is 3.64. The third-order valence-corrected chi connectivity index (χ3v) is 1.06. The van der Waals surface area contributed by atoms with Crippen molar-refractivity contribution in [1.29, 1.82) is 0 Å². The second-order valence-electron chi connectivity index (χ2n) is 2.54. The number of alkyl halides is 6. The van der Waals surface area contributed by atoms with Crippen LogP contribution in [0.2, 0.25) is 0 Å². The molecule has 0 spiro atoms. The molecule has 1 N–H and O–H groups in total. The molecule has 0 radical (unpaired) electrons. The SMILES string of the molecule is O=C(CCC(F)(F)F)NOCC(F)(F)F. The lowest BCUT2D eigenvalue weighted by Crippen LogP contribution is -2.30. The molecule has 0 aliphatic heterocycles. The second-order valence-corrected chi connectivity index (χ2v) is 2.54. The van der Waals surface area contributed by atoms with Crippen LogP contribution in [-0.4, -0.2) is 24.9 Å². The quantitative estimate of drug-likeness (QED) is 0.601. The molecule has 0 atom stereocenters. The van der Waals surface area contributed by atoms with Crippen molar-refractivity contribution in [3.63, 3.8) is 0 Å². The summed E-state index contributed by atoms with van der Waals surface area (Å²) < 4.78 is 68.9. The number of hydroxylamine groups is 1. The van der Waals surface area contributed by atoms with Crippen molar-refractivity contribution < 1.29 is 36.0 Å². The molecule has 0 aromatic carbocycles. The van der Waals surface area contributed by atoms with E-state index in [2.05, 4.69) is 4.84 Å². The number of hydrogen-bond acceptors (Lipinski definition) is 2. The van der Waals surface area contributed by atoms with E-state index in [9.17, 15) is 31.1 Å². The van der Waals surface area contributed by atoms with Crippen molar-refractivity contribution in [1.82, 2.24) is 5.48 Å². The number of rotatable bonds is 4. The lowest BCUT2D eigenvalue weighted by atomic mass is 10.3. The summed E-state index contributed by atoms with van der Waals surface area (Å²) in [6.45, 7) is -1.75. The van der Waals surface area contributed by atoms with Crippen molar-refractivity contribution in [2.75, 3.05) is 6.61 Å². The Balaban J connectivity index is 3.60. The normalized spacial score (nSPS) is 12.7. The minimum atomic E-state index is -4.64. The van der Waals surface area contributed by atoms with E-state index < -0.39 is 37.7 Å². The van der Waals surface area contributed by atoms with Crippen LogP contribution in [0.15, 0.2) is 0 Å². The van der Waals surface area contributed by atoms with E-state index in [1.807, 2.05) is 0 Å². The van der Waals surface area contributed by atoms with Crippen molar-refractivity contribution >= 4 is 5.91 Å². The molecule has 1 amide bonds. The Morgan fingerprint density at radius 1 is 1.07 bits per heavy atom. The first kappa shape index (κ1) is 14.0. The zero-order chi connectivity index (χ0) is 12.1. The molecule has 0 rings (SSSR count). The molecule has 9 heteroatoms. The highest BCUT2D eigenvalue weighted by atomic mass is 19.4. The zero-order valence-electron chi connectivity index (χ0n) is 7.21. The van der Waals surface area contributed by atoms with Gasteiger partial charge >= 0.3 is 12.4 Å². The van der Waals surface area contributed by atoms with Gasteiger partial charge in [0.05, 0.1) is 6.42 Å². The van der Waals surface area contributed by atoms with Gasteiger partial charge in [0.2, 0.25) is 5.91 Å². The van der Waals surface area contributed by atoms with Crippen molar-refractivity contribution in [2.24, 2.45) is 0 Å². The Hall–Kier alpha value is -0.990. The van der Waals surface area contributed by atoms with Crippen LogP contribution in [0.3, 0.4) is 0 Å². The molecule has 15 heavy (non-hydrogen) atoms. The van der Waals surface area contributed by atoms with Crippen LogP contribution in [0.4, 0.5) is 26.3 Å². The van der Waals surface area contributed by atoms with Crippen LogP contribution >= 0.6 is 0 Å². The van der Waals surface area contributed by atoms with Crippen molar-refractivity contribution in [3.05, 3.63) is 0 Å². The fourth-order valence-corrected chi connectivity index (χ4v) is 0.505. The van der Waals surface area contributed by atoms with E-state index in [-0.39, 0.29) is 0 Å². The van der Waals surface area contributed by atoms with Crippen LogP contribution in [-0.2, 0) is 9.63 Å². The van der Waals surface area contributed by atoms with Gasteiger partial charge in [-0.05, 0) is 0 Å². The molecular weight excluding hydrogens is 232 g/mol. The van der Waals surface area contributed by atoms with Gasteiger partial charge < -0.3 is 0 Å². The summed E-state index contributed by atoms with van der Waals surface area (Å²) in [5.41, 5.74) is 1.25. The summed E-state index contributed by atoms with van der Waals surface area (Å²) in [5.74, 6) is -1.25. The van der Waals surface area contributed by atoms with Crippen LogP contribution in [0.5, 0.6) is 0 Å². The van der Waals surface area contributed by atoms with Crippen LogP contribution in [0, 0.1) is 0 Å². The average Bonchev–Trinajstić information content (AvgIpc) is 1.97. The molecule has 0 aliphatic rings. The first-order valence-corrected chi connectivity index (χ1v) is 3.64. The number of carbonyl (C=O) groups is 1. The molecule has 0 aromatic rings. The number of halogens is 6. The summed E-state index contributed by atoms with van der Waals surface area (Å²) in [6, 6.07) is 0. The monoisotopic (exact) mass is 239 g/mol. The highest BCUT2D eigenvalue weighted by Gasteiger charge is 2.30. The van der Waals surface area contributed by atoms with Gasteiger partial charge in [0.15, 0.2) is 6.61 Å². The van der Waals surface area contributed by atoms with Gasteiger partial charge in [-0.2, -0.15) is 26.3 Å². The maximum Gasteiger partial charge on any atom is 0.414 e. The Labute approximate surface area is 80.3 Å². The van der Waals surface area contributed by atoms with Gasteiger partial charge in [-0.1, -0.05) is 0 Å². The summed E-state index contributed by atoms with van der Waals surface area (Å²) >= 11 is 0. The van der Waals surface area contributed by atoms with E-state index >= 15 is 0 Å². The van der Waals surface area contributed by atoms with Crippen LogP contribution in [0.1, 0.15) is 12.8 Å². The maximum absolute atomic E-state index is 11.5. The fourth-order valence-electron chi connectivity index (χ4n) is 0.505. The van der Waals surface area contributed by atoms with Gasteiger partial charge in [0, 0.05) is 6.42 Å². The van der Waals surface area contributed by atoms with E-state index in [0.717, 1.165) is 0 Å². The summed E-state index contributed by atoms with van der Waals surface area (Å²) in [4.78, 5) is 14.1. The highest BCUT2D eigenvalue weighted by Crippen LogP contribution is 2.21. The molecule has 0 saturated carbocycles. The standard InChI is InChI=1S/C6H7F6NO2/c7-5(8,9)2-1-4(14)13-15-3-6(10,11)12/h1-3H2,(H,13,14).